The van der Waals surface area contributed by atoms with Gasteiger partial charge in [-0.1, -0.05) is 20.8 Å². The fourth-order valence-corrected chi connectivity index (χ4v) is 6.58. The minimum absolute atomic E-state index is 0.241. The maximum absolute atomic E-state index is 15.4. The highest BCUT2D eigenvalue weighted by atomic mass is 19.4. The molecule has 1 aromatic carbocycles. The average Bonchev–Trinajstić information content (AvgIpc) is 3.40. The summed E-state index contributed by atoms with van der Waals surface area (Å²) in [4.78, 5) is 31.4. The quantitative estimate of drug-likeness (QED) is 0.525. The molecule has 4 unspecified atom stereocenters. The highest BCUT2D eigenvalue weighted by molar-refractivity contribution is 5.97. The lowest BCUT2D eigenvalue weighted by molar-refractivity contribution is -0.192. The number of carboxylic acid groups (broad SMARTS) is 1. The first-order chi connectivity index (χ1) is 18.5. The van der Waals surface area contributed by atoms with Gasteiger partial charge in [0.25, 0.3) is 5.92 Å². The summed E-state index contributed by atoms with van der Waals surface area (Å²) >= 11 is 0. The molecular formula is C27H28F5N5O3. The van der Waals surface area contributed by atoms with Gasteiger partial charge >= 0.3 is 12.3 Å². The zero-order valence-electron chi connectivity index (χ0n) is 22.0. The first-order valence-electron chi connectivity index (χ1n) is 12.7. The van der Waals surface area contributed by atoms with Crippen molar-refractivity contribution in [3.8, 4) is 6.07 Å². The molecule has 1 saturated carbocycles. The van der Waals surface area contributed by atoms with Crippen LogP contribution in [0.4, 0.5) is 32.4 Å². The van der Waals surface area contributed by atoms with Crippen LogP contribution < -0.4 is 10.2 Å². The van der Waals surface area contributed by atoms with Crippen molar-refractivity contribution in [2.24, 2.45) is 22.2 Å². The predicted molar refractivity (Wildman–Crippen MR) is 134 cm³/mol. The van der Waals surface area contributed by atoms with Crippen LogP contribution in [0.15, 0.2) is 30.5 Å². The number of carbonyl (C=O) groups is 2. The first-order valence-corrected chi connectivity index (χ1v) is 12.7. The molecule has 0 spiro atoms. The Morgan fingerprint density at radius 1 is 1.15 bits per heavy atom. The van der Waals surface area contributed by atoms with Crippen LogP contribution in [0.1, 0.15) is 32.8 Å². The van der Waals surface area contributed by atoms with E-state index in [2.05, 4.69) is 10.3 Å². The summed E-state index contributed by atoms with van der Waals surface area (Å²) < 4.78 is 74.5. The van der Waals surface area contributed by atoms with Gasteiger partial charge in [0.05, 0.1) is 29.1 Å². The van der Waals surface area contributed by atoms with Crippen molar-refractivity contribution in [3.05, 3.63) is 36.0 Å². The van der Waals surface area contributed by atoms with E-state index in [0.29, 0.717) is 21.5 Å². The van der Waals surface area contributed by atoms with Crippen molar-refractivity contribution >= 4 is 28.6 Å². The Kier molecular flexibility index (Phi) is 6.03. The fraction of sp³-hybridized carbons (Fsp3) is 0.556. The highest BCUT2D eigenvalue weighted by Crippen LogP contribution is 2.75. The van der Waals surface area contributed by atoms with Crippen molar-refractivity contribution in [2.45, 2.75) is 45.3 Å². The Balaban J connectivity index is 1.50. The molecule has 1 aliphatic carbocycles. The van der Waals surface area contributed by atoms with Gasteiger partial charge in [0, 0.05) is 42.8 Å². The number of pyridine rings is 1. The second kappa shape index (κ2) is 8.65. The van der Waals surface area contributed by atoms with E-state index in [1.165, 1.54) is 23.2 Å². The molecular weight excluding hydrogens is 537 g/mol. The smallest absolute Gasteiger partial charge is 0.407 e. The number of hydrogen-bond acceptors (Lipinski definition) is 5. The summed E-state index contributed by atoms with van der Waals surface area (Å²) in [5.74, 6) is -5.88. The molecule has 3 aliphatic rings. The molecule has 3 fully saturated rings. The minimum Gasteiger partial charge on any atom is -0.465 e. The van der Waals surface area contributed by atoms with Gasteiger partial charge in [-0.2, -0.15) is 18.4 Å². The summed E-state index contributed by atoms with van der Waals surface area (Å²) in [6.45, 7) is 2.46. The van der Waals surface area contributed by atoms with E-state index in [9.17, 15) is 33.1 Å². The number of carbonyl (C=O) groups excluding carboxylic acids is 1. The summed E-state index contributed by atoms with van der Waals surface area (Å²) in [5.41, 5.74) is -4.44. The second-order valence-electron chi connectivity index (χ2n) is 12.2. The zero-order chi connectivity index (χ0) is 29.5. The number of halogens is 5. The number of likely N-dealkylation sites (tertiary alicyclic amines) is 1. The van der Waals surface area contributed by atoms with Gasteiger partial charge in [-0.05, 0) is 36.1 Å². The minimum atomic E-state index is -4.79. The summed E-state index contributed by atoms with van der Waals surface area (Å²) in [6, 6.07) is 6.32. The third kappa shape index (κ3) is 4.02. The van der Waals surface area contributed by atoms with Gasteiger partial charge in [-0.15, -0.1) is 0 Å². The van der Waals surface area contributed by atoms with E-state index in [-0.39, 0.29) is 18.7 Å². The van der Waals surface area contributed by atoms with E-state index in [0.717, 1.165) is 0 Å². The molecule has 2 aromatic rings. The number of nitrogens with one attached hydrogen (secondary N) is 1. The van der Waals surface area contributed by atoms with Gasteiger partial charge < -0.3 is 20.2 Å². The Bertz CT molecular complexity index is 1430. The van der Waals surface area contributed by atoms with Crippen LogP contribution in [0.3, 0.4) is 0 Å². The average molecular weight is 566 g/mol. The number of benzene rings is 1. The van der Waals surface area contributed by atoms with Gasteiger partial charge in [-0.25, -0.2) is 13.6 Å². The molecule has 2 N–H and O–H groups in total. The number of nitrogens with zero attached hydrogens (tertiary/aromatic N) is 4. The van der Waals surface area contributed by atoms with Crippen LogP contribution in [-0.4, -0.2) is 71.3 Å². The number of alkyl halides is 5. The number of hydrogen-bond donors (Lipinski definition) is 2. The number of anilines is 1. The van der Waals surface area contributed by atoms with Crippen molar-refractivity contribution in [2.75, 3.05) is 31.1 Å². The molecule has 4 atom stereocenters. The number of piperidine rings is 2. The summed E-state index contributed by atoms with van der Waals surface area (Å²) in [7, 11) is 0. The SMILES string of the molecule is CC(C)(C)C1CN(C(=O)O)CC(F)(F)C1NC(=O)C12CN(c3ccc(C#N)c4ncccc34)CC1(C(F)(F)F)C2. The van der Waals surface area contributed by atoms with Gasteiger partial charge in [0.2, 0.25) is 5.91 Å². The molecule has 2 amide bonds. The number of rotatable bonds is 3. The van der Waals surface area contributed by atoms with Crippen molar-refractivity contribution in [1.29, 1.82) is 5.26 Å². The van der Waals surface area contributed by atoms with Crippen LogP contribution in [0.25, 0.3) is 10.9 Å². The van der Waals surface area contributed by atoms with Crippen molar-refractivity contribution in [3.63, 3.8) is 0 Å². The lowest BCUT2D eigenvalue weighted by Crippen LogP contribution is -2.67. The van der Waals surface area contributed by atoms with E-state index in [4.69, 9.17) is 0 Å². The molecule has 2 aliphatic heterocycles. The van der Waals surface area contributed by atoms with Crippen molar-refractivity contribution < 1.29 is 36.6 Å². The molecule has 214 valence electrons. The van der Waals surface area contributed by atoms with Crippen LogP contribution in [0.5, 0.6) is 0 Å². The standard InChI is InChI=1S/C27H28F5N5O3/c1-23(2,3)17-10-36(22(39)40)14-26(28,29)20(17)35-21(38)24-11-25(24,27(30,31)32)13-37(12-24)18-7-6-15(9-33)19-16(18)5-4-8-34-19/h4-8,17,20H,10-14H2,1-3H3,(H,35,38)(H,39,40). The maximum atomic E-state index is 15.4. The molecule has 13 heteroatoms. The third-order valence-electron chi connectivity index (χ3n) is 8.85. The topological polar surface area (TPSA) is 110 Å². The number of aromatic nitrogens is 1. The van der Waals surface area contributed by atoms with Gasteiger partial charge in [0.1, 0.15) is 11.5 Å². The summed E-state index contributed by atoms with van der Waals surface area (Å²) in [5, 5.41) is 21.5. The van der Waals surface area contributed by atoms with E-state index < -0.39 is 71.8 Å². The van der Waals surface area contributed by atoms with E-state index in [1.54, 1.807) is 32.9 Å². The largest absolute Gasteiger partial charge is 0.465 e. The van der Waals surface area contributed by atoms with E-state index in [1.807, 2.05) is 6.07 Å². The Morgan fingerprint density at radius 3 is 2.45 bits per heavy atom. The predicted octanol–water partition coefficient (Wildman–Crippen LogP) is 4.64. The third-order valence-corrected chi connectivity index (χ3v) is 8.85. The highest BCUT2D eigenvalue weighted by Gasteiger charge is 2.86. The van der Waals surface area contributed by atoms with Crippen LogP contribution in [-0.2, 0) is 4.79 Å². The Labute approximate surface area is 226 Å². The van der Waals surface area contributed by atoms with Crippen LogP contribution in [0.2, 0.25) is 0 Å². The molecule has 0 bridgehead atoms. The van der Waals surface area contributed by atoms with Gasteiger partial charge in [0.15, 0.2) is 0 Å². The maximum Gasteiger partial charge on any atom is 0.407 e. The number of fused-ring (bicyclic) bond motifs is 2. The molecule has 1 aromatic heterocycles. The lowest BCUT2D eigenvalue weighted by Gasteiger charge is -2.48. The van der Waals surface area contributed by atoms with Crippen LogP contribution >= 0.6 is 0 Å². The molecule has 40 heavy (non-hydrogen) atoms. The number of amides is 2. The monoisotopic (exact) mass is 565 g/mol. The summed E-state index contributed by atoms with van der Waals surface area (Å²) in [6.07, 6.45) is -5.41. The molecule has 5 rings (SSSR count). The van der Waals surface area contributed by atoms with Crippen molar-refractivity contribution in [1.82, 2.24) is 15.2 Å². The Hall–Kier alpha value is -3.69. The molecule has 0 radical (unpaired) electrons. The molecule has 8 nitrogen and oxygen atoms in total. The zero-order valence-corrected chi connectivity index (χ0v) is 22.0. The van der Waals surface area contributed by atoms with E-state index >= 15 is 8.78 Å². The van der Waals surface area contributed by atoms with Gasteiger partial charge in [-0.3, -0.25) is 9.78 Å². The fourth-order valence-electron chi connectivity index (χ4n) is 6.58. The normalized spacial score (nSPS) is 29.6. The Morgan fingerprint density at radius 2 is 1.85 bits per heavy atom. The molecule has 2 saturated heterocycles. The lowest BCUT2D eigenvalue weighted by atomic mass is 9.72. The first kappa shape index (κ1) is 27.9. The molecule has 3 heterocycles. The van der Waals surface area contributed by atoms with Crippen LogP contribution in [0, 0.1) is 33.5 Å². The number of nitriles is 1. The second-order valence-corrected chi connectivity index (χ2v) is 12.2.